The van der Waals surface area contributed by atoms with E-state index < -0.39 is 10.0 Å². The lowest BCUT2D eigenvalue weighted by atomic mass is 10.3. The number of anilines is 1. The van der Waals surface area contributed by atoms with Crippen molar-refractivity contribution in [3.05, 3.63) is 18.2 Å². The van der Waals surface area contributed by atoms with Crippen LogP contribution in [0.4, 0.5) is 5.69 Å². The van der Waals surface area contributed by atoms with Crippen LogP contribution in [0.15, 0.2) is 27.5 Å². The van der Waals surface area contributed by atoms with E-state index in [4.69, 9.17) is 4.74 Å². The third-order valence-corrected chi connectivity index (χ3v) is 5.20. The average molecular weight is 300 g/mol. The van der Waals surface area contributed by atoms with E-state index in [9.17, 15) is 8.42 Å². The second-order valence-corrected chi connectivity index (χ2v) is 7.14. The highest BCUT2D eigenvalue weighted by atomic mass is 32.2. The molecular formula is C12H16N2O3S2. The molecule has 104 valence electrons. The van der Waals surface area contributed by atoms with Crippen molar-refractivity contribution < 1.29 is 13.2 Å². The quantitative estimate of drug-likeness (QED) is 0.929. The predicted molar refractivity (Wildman–Crippen MR) is 78.5 cm³/mol. The Morgan fingerprint density at radius 2 is 2.16 bits per heavy atom. The van der Waals surface area contributed by atoms with Crippen molar-refractivity contribution >= 4 is 32.6 Å². The first-order valence-electron chi connectivity index (χ1n) is 5.85. The highest BCUT2D eigenvalue weighted by Crippen LogP contribution is 2.32. The number of sulfonamides is 1. The van der Waals surface area contributed by atoms with Crippen molar-refractivity contribution in [1.29, 1.82) is 0 Å². The first-order chi connectivity index (χ1) is 8.92. The van der Waals surface area contributed by atoms with Gasteiger partial charge in [-0.1, -0.05) is 25.6 Å². The third-order valence-electron chi connectivity index (χ3n) is 2.46. The van der Waals surface area contributed by atoms with E-state index in [0.29, 0.717) is 22.5 Å². The molecule has 1 heterocycles. The number of rotatable bonds is 3. The van der Waals surface area contributed by atoms with Crippen molar-refractivity contribution in [2.75, 3.05) is 18.2 Å². The molecule has 0 bridgehead atoms. The molecular weight excluding hydrogens is 284 g/mol. The van der Waals surface area contributed by atoms with Gasteiger partial charge in [-0.2, -0.15) is 8.42 Å². The fourth-order valence-electron chi connectivity index (χ4n) is 1.55. The van der Waals surface area contributed by atoms with Gasteiger partial charge in [-0.05, 0) is 18.1 Å². The Morgan fingerprint density at radius 3 is 2.79 bits per heavy atom. The van der Waals surface area contributed by atoms with Crippen LogP contribution in [0.1, 0.15) is 13.8 Å². The molecule has 0 saturated carbocycles. The van der Waals surface area contributed by atoms with Crippen molar-refractivity contribution in [3.63, 3.8) is 0 Å². The molecule has 1 aromatic rings. The van der Waals surface area contributed by atoms with Crippen LogP contribution in [-0.2, 0) is 10.0 Å². The average Bonchev–Trinajstić information content (AvgIpc) is 2.35. The van der Waals surface area contributed by atoms with Crippen LogP contribution in [0, 0.1) is 5.92 Å². The van der Waals surface area contributed by atoms with Gasteiger partial charge < -0.3 is 10.1 Å². The van der Waals surface area contributed by atoms with Crippen molar-refractivity contribution in [3.8, 4) is 5.75 Å². The summed E-state index contributed by atoms with van der Waals surface area (Å²) in [6.45, 7) is 4.15. The number of fused-ring (bicyclic) bond motifs is 1. The lowest BCUT2D eigenvalue weighted by Crippen LogP contribution is -2.19. The van der Waals surface area contributed by atoms with Gasteiger partial charge in [-0.25, -0.2) is 0 Å². The number of thioether (sulfide) groups is 1. The summed E-state index contributed by atoms with van der Waals surface area (Å²) in [5.41, 5.74) is 0.544. The van der Waals surface area contributed by atoms with Crippen molar-refractivity contribution in [2.45, 2.75) is 18.7 Å². The topological polar surface area (TPSA) is 67.8 Å². The number of amidine groups is 1. The SMILES string of the molecule is COc1ccc2c(c1)S(=O)(=O)N=C(SCC(C)C)N2. The van der Waals surface area contributed by atoms with E-state index in [2.05, 4.69) is 23.6 Å². The van der Waals surface area contributed by atoms with Crippen LogP contribution in [0.5, 0.6) is 5.75 Å². The van der Waals surface area contributed by atoms with Crippen LogP contribution in [-0.4, -0.2) is 26.4 Å². The number of hydrogen-bond donors (Lipinski definition) is 1. The number of benzene rings is 1. The second-order valence-electron chi connectivity index (χ2n) is 4.56. The first kappa shape index (κ1) is 14.2. The molecule has 19 heavy (non-hydrogen) atoms. The Bertz CT molecular complexity index is 609. The molecule has 0 amide bonds. The summed E-state index contributed by atoms with van der Waals surface area (Å²) in [7, 11) is -2.15. The lowest BCUT2D eigenvalue weighted by Gasteiger charge is -2.18. The zero-order valence-corrected chi connectivity index (χ0v) is 12.6. The molecule has 1 aromatic carbocycles. The fourth-order valence-corrected chi connectivity index (χ4v) is 3.75. The molecule has 1 N–H and O–H groups in total. The lowest BCUT2D eigenvalue weighted by molar-refractivity contribution is 0.413. The molecule has 0 spiro atoms. The molecule has 1 aliphatic heterocycles. The second kappa shape index (κ2) is 5.42. The van der Waals surface area contributed by atoms with Crippen LogP contribution in [0.25, 0.3) is 0 Å². The molecule has 0 radical (unpaired) electrons. The summed E-state index contributed by atoms with van der Waals surface area (Å²) in [6, 6.07) is 4.89. The van der Waals surface area contributed by atoms with E-state index in [1.165, 1.54) is 24.9 Å². The van der Waals surface area contributed by atoms with Crippen LogP contribution in [0.2, 0.25) is 0 Å². The highest BCUT2D eigenvalue weighted by molar-refractivity contribution is 8.14. The maximum Gasteiger partial charge on any atom is 0.286 e. The summed E-state index contributed by atoms with van der Waals surface area (Å²) in [4.78, 5) is 0.153. The van der Waals surface area contributed by atoms with E-state index in [-0.39, 0.29) is 4.90 Å². The zero-order valence-electron chi connectivity index (χ0n) is 11.0. The van der Waals surface area contributed by atoms with Gasteiger partial charge in [0.2, 0.25) is 0 Å². The Balaban J connectivity index is 2.32. The van der Waals surface area contributed by atoms with Crippen LogP contribution < -0.4 is 10.1 Å². The minimum absolute atomic E-state index is 0.153. The number of nitrogens with zero attached hydrogens (tertiary/aromatic N) is 1. The van der Waals surface area contributed by atoms with Gasteiger partial charge in [0.05, 0.1) is 12.8 Å². The third kappa shape index (κ3) is 3.22. The number of ether oxygens (including phenoxy) is 1. The number of nitrogens with one attached hydrogen (secondary N) is 1. The molecule has 1 aliphatic rings. The van der Waals surface area contributed by atoms with E-state index >= 15 is 0 Å². The Hall–Kier alpha value is -1.21. The van der Waals surface area contributed by atoms with E-state index in [0.717, 1.165) is 5.75 Å². The number of hydrogen-bond acceptors (Lipinski definition) is 5. The monoisotopic (exact) mass is 300 g/mol. The van der Waals surface area contributed by atoms with Gasteiger partial charge in [-0.3, -0.25) is 0 Å². The Morgan fingerprint density at radius 1 is 1.42 bits per heavy atom. The summed E-state index contributed by atoms with van der Waals surface area (Å²) in [5.74, 6) is 1.78. The standard InChI is InChI=1S/C12H16N2O3S2/c1-8(2)7-18-12-13-10-5-4-9(17-3)6-11(10)19(15,16)14-12/h4-6,8H,7H2,1-3H3,(H,13,14). The van der Waals surface area contributed by atoms with Gasteiger partial charge >= 0.3 is 0 Å². The Kier molecular flexibility index (Phi) is 4.05. The maximum atomic E-state index is 12.1. The summed E-state index contributed by atoms with van der Waals surface area (Å²) in [6.07, 6.45) is 0. The van der Waals surface area contributed by atoms with Crippen LogP contribution in [0.3, 0.4) is 0 Å². The summed E-state index contributed by atoms with van der Waals surface area (Å²) in [5, 5.41) is 3.46. The largest absolute Gasteiger partial charge is 0.497 e. The zero-order chi connectivity index (χ0) is 14.0. The smallest absolute Gasteiger partial charge is 0.286 e. The summed E-state index contributed by atoms with van der Waals surface area (Å²) < 4.78 is 33.0. The van der Waals surface area contributed by atoms with E-state index in [1.807, 2.05) is 0 Å². The minimum atomic E-state index is -3.65. The van der Waals surface area contributed by atoms with Gasteiger partial charge in [-0.15, -0.1) is 4.40 Å². The predicted octanol–water partition coefficient (Wildman–Crippen LogP) is 2.55. The molecule has 5 nitrogen and oxygen atoms in total. The molecule has 7 heteroatoms. The normalized spacial score (nSPS) is 16.5. The van der Waals surface area contributed by atoms with Crippen LogP contribution >= 0.6 is 11.8 Å². The van der Waals surface area contributed by atoms with E-state index in [1.54, 1.807) is 12.1 Å². The van der Waals surface area contributed by atoms with Crippen molar-refractivity contribution in [1.82, 2.24) is 0 Å². The molecule has 0 aromatic heterocycles. The van der Waals surface area contributed by atoms with Gasteiger partial charge in [0.1, 0.15) is 10.6 Å². The fraction of sp³-hybridized carbons (Fsp3) is 0.417. The molecule has 0 fully saturated rings. The first-order valence-corrected chi connectivity index (χ1v) is 8.28. The Labute approximate surface area is 117 Å². The molecule has 0 atom stereocenters. The number of methoxy groups -OCH3 is 1. The summed E-state index contributed by atoms with van der Waals surface area (Å²) >= 11 is 1.41. The molecule has 0 aliphatic carbocycles. The van der Waals surface area contributed by atoms with Gasteiger partial charge in [0.15, 0.2) is 5.17 Å². The molecule has 2 rings (SSSR count). The molecule has 0 unspecified atom stereocenters. The highest BCUT2D eigenvalue weighted by Gasteiger charge is 2.25. The molecule has 0 saturated heterocycles. The van der Waals surface area contributed by atoms with Gasteiger partial charge in [0, 0.05) is 11.8 Å². The minimum Gasteiger partial charge on any atom is -0.497 e. The van der Waals surface area contributed by atoms with Crippen molar-refractivity contribution in [2.24, 2.45) is 10.3 Å². The van der Waals surface area contributed by atoms with Gasteiger partial charge in [0.25, 0.3) is 10.0 Å². The maximum absolute atomic E-state index is 12.1.